The first kappa shape index (κ1) is 30.5. The zero-order valence-corrected chi connectivity index (χ0v) is 23.5. The predicted molar refractivity (Wildman–Crippen MR) is 141 cm³/mol. The molecule has 0 spiro atoms. The van der Waals surface area contributed by atoms with Crippen molar-refractivity contribution in [1.82, 2.24) is 9.80 Å². The van der Waals surface area contributed by atoms with Gasteiger partial charge in [0.2, 0.25) is 0 Å². The number of ether oxygens (including phenoxy) is 2. The Kier molecular flexibility index (Phi) is 8.69. The highest BCUT2D eigenvalue weighted by Gasteiger charge is 2.42. The molecule has 1 N–H and O–H groups in total. The first-order chi connectivity index (χ1) is 19.8. The fourth-order valence-corrected chi connectivity index (χ4v) is 5.79. The van der Waals surface area contributed by atoms with Crippen LogP contribution in [-0.2, 0) is 22.3 Å². The van der Waals surface area contributed by atoms with Crippen molar-refractivity contribution >= 4 is 23.5 Å². The first-order valence-corrected chi connectivity index (χ1v) is 14.1. The molecule has 0 unspecified atom stereocenters. The summed E-state index contributed by atoms with van der Waals surface area (Å²) >= 11 is 5.71. The van der Waals surface area contributed by atoms with E-state index >= 15 is 4.39 Å². The number of amides is 1. The van der Waals surface area contributed by atoms with Gasteiger partial charge in [-0.25, -0.2) is 13.6 Å². The number of carboxylic acid groups (broad SMARTS) is 1. The first-order valence-electron chi connectivity index (χ1n) is 13.7. The second kappa shape index (κ2) is 12.0. The van der Waals surface area contributed by atoms with Gasteiger partial charge in [0.05, 0.1) is 28.9 Å². The van der Waals surface area contributed by atoms with Crippen LogP contribution in [0.4, 0.5) is 22.0 Å². The van der Waals surface area contributed by atoms with Crippen molar-refractivity contribution in [3.05, 3.63) is 63.2 Å². The van der Waals surface area contributed by atoms with Crippen LogP contribution in [0, 0.1) is 17.6 Å². The number of halogens is 6. The number of carbonyl (C=O) groups excluding carboxylic acids is 1. The molecule has 228 valence electrons. The van der Waals surface area contributed by atoms with Crippen molar-refractivity contribution in [2.24, 2.45) is 5.92 Å². The number of benzene rings is 2. The highest BCUT2D eigenvalue weighted by Crippen LogP contribution is 2.45. The number of piperidine rings is 1. The molecule has 2 aromatic rings. The summed E-state index contributed by atoms with van der Waals surface area (Å²) in [5.74, 6) is -3.17. The van der Waals surface area contributed by atoms with Crippen LogP contribution in [0.25, 0.3) is 0 Å². The van der Waals surface area contributed by atoms with E-state index in [-0.39, 0.29) is 42.8 Å². The molecule has 42 heavy (non-hydrogen) atoms. The zero-order chi connectivity index (χ0) is 30.3. The lowest BCUT2D eigenvalue weighted by Gasteiger charge is -2.32. The van der Waals surface area contributed by atoms with Gasteiger partial charge >= 0.3 is 12.1 Å². The van der Waals surface area contributed by atoms with E-state index in [0.29, 0.717) is 43.3 Å². The molecule has 7 nitrogen and oxygen atoms in total. The molecular formula is C29H30ClF5N2O5. The van der Waals surface area contributed by atoms with E-state index in [9.17, 15) is 32.3 Å². The number of hydrogen-bond acceptors (Lipinski definition) is 5. The molecule has 1 saturated carbocycles. The van der Waals surface area contributed by atoms with E-state index < -0.39 is 52.4 Å². The van der Waals surface area contributed by atoms with Gasteiger partial charge in [-0.15, -0.1) is 0 Å². The molecule has 1 aliphatic carbocycles. The molecule has 3 fully saturated rings. The lowest BCUT2D eigenvalue weighted by atomic mass is 9.97. The van der Waals surface area contributed by atoms with Crippen molar-refractivity contribution in [3.63, 3.8) is 0 Å². The van der Waals surface area contributed by atoms with Crippen LogP contribution >= 0.6 is 11.6 Å². The van der Waals surface area contributed by atoms with Crippen molar-refractivity contribution in [2.75, 3.05) is 26.4 Å². The largest absolute Gasteiger partial charge is 0.493 e. The monoisotopic (exact) mass is 616 g/mol. The number of nitrogens with zero attached hydrogens (tertiary/aromatic N) is 2. The maximum Gasteiger partial charge on any atom is 0.416 e. The Hall–Kier alpha value is -2.96. The Bertz CT molecular complexity index is 1360. The lowest BCUT2D eigenvalue weighted by Crippen LogP contribution is -2.44. The quantitative estimate of drug-likeness (QED) is 0.363. The highest BCUT2D eigenvalue weighted by atomic mass is 35.5. The molecule has 13 heteroatoms. The van der Waals surface area contributed by atoms with Crippen LogP contribution in [0.5, 0.6) is 5.75 Å². The van der Waals surface area contributed by atoms with Crippen LogP contribution in [0.1, 0.15) is 65.6 Å². The Morgan fingerprint density at radius 2 is 1.79 bits per heavy atom. The number of aliphatic carboxylic acids is 1. The van der Waals surface area contributed by atoms with Crippen molar-refractivity contribution < 1.29 is 46.1 Å². The third-order valence-corrected chi connectivity index (χ3v) is 8.40. The summed E-state index contributed by atoms with van der Waals surface area (Å²) in [4.78, 5) is 27.6. The smallest absolute Gasteiger partial charge is 0.416 e. The van der Waals surface area contributed by atoms with Crippen molar-refractivity contribution in [1.29, 1.82) is 0 Å². The molecule has 2 aromatic carbocycles. The van der Waals surface area contributed by atoms with Gasteiger partial charge in [-0.05, 0) is 81.3 Å². The maximum atomic E-state index is 15.2. The summed E-state index contributed by atoms with van der Waals surface area (Å²) in [6, 6.07) is 2.78. The Morgan fingerprint density at radius 3 is 2.40 bits per heavy atom. The third-order valence-electron chi connectivity index (χ3n) is 8.12. The molecule has 0 radical (unpaired) electrons. The second-order valence-corrected chi connectivity index (χ2v) is 11.6. The number of alkyl halides is 3. The van der Waals surface area contributed by atoms with Gasteiger partial charge in [0, 0.05) is 18.2 Å². The number of carboxylic acids is 1. The van der Waals surface area contributed by atoms with Gasteiger partial charge in [-0.1, -0.05) is 11.6 Å². The molecule has 5 rings (SSSR count). The molecule has 2 aliphatic heterocycles. The molecule has 2 atom stereocenters. The minimum absolute atomic E-state index is 0.0147. The number of likely N-dealkylation sites (tertiary alicyclic amines) is 1. The Morgan fingerprint density at radius 1 is 1.10 bits per heavy atom. The molecule has 0 aromatic heterocycles. The SMILES string of the molecule is C[C@H]1OCN(C(=O)c2cc(C3CC3)c(OCC3CCN(Cc4cc(C(F)(F)F)cc(Cl)c4F)CC3)cc2F)[C@@H]1C(=O)O. The normalized spacial score (nSPS) is 22.0. The van der Waals surface area contributed by atoms with Crippen molar-refractivity contribution in [3.8, 4) is 5.75 Å². The maximum absolute atomic E-state index is 15.2. The molecule has 2 heterocycles. The Balaban J connectivity index is 1.21. The molecule has 0 bridgehead atoms. The molecule has 2 saturated heterocycles. The van der Waals surface area contributed by atoms with Gasteiger partial charge in [0.1, 0.15) is 24.1 Å². The average Bonchev–Trinajstić information content (AvgIpc) is 3.70. The molecule has 3 aliphatic rings. The van der Waals surface area contributed by atoms with E-state index in [1.165, 1.54) is 12.1 Å². The Labute approximate surface area is 244 Å². The second-order valence-electron chi connectivity index (χ2n) is 11.2. The lowest BCUT2D eigenvalue weighted by molar-refractivity contribution is -0.142. The standard InChI is InChI=1S/C29H30ClF5N2O5/c1-15-26(28(39)40)37(14-42-15)27(38)21-10-20(17-2-3-17)24(11-23(21)31)41-13-16-4-6-36(7-5-16)12-18-8-19(29(33,34)35)9-22(30)25(18)32/h8-11,15-17,26H,2-7,12-14H2,1H3,(H,39,40)/t15-,26+/m1/s1. The fourth-order valence-electron chi connectivity index (χ4n) is 5.55. The van der Waals surface area contributed by atoms with Crippen LogP contribution in [0.15, 0.2) is 24.3 Å². The number of carbonyl (C=O) groups is 2. The fraction of sp³-hybridized carbons (Fsp3) is 0.517. The minimum atomic E-state index is -4.64. The molecular weight excluding hydrogens is 587 g/mol. The van der Waals surface area contributed by atoms with Gasteiger partial charge in [-0.2, -0.15) is 13.2 Å². The zero-order valence-electron chi connectivity index (χ0n) is 22.7. The van der Waals surface area contributed by atoms with Gasteiger partial charge < -0.3 is 14.6 Å². The number of rotatable bonds is 8. The topological polar surface area (TPSA) is 79.3 Å². The summed E-state index contributed by atoms with van der Waals surface area (Å²) in [7, 11) is 0. The average molecular weight is 617 g/mol. The van der Waals surface area contributed by atoms with E-state index in [1.54, 1.807) is 6.92 Å². The van der Waals surface area contributed by atoms with Crippen LogP contribution in [-0.4, -0.2) is 65.4 Å². The van der Waals surface area contributed by atoms with Crippen molar-refractivity contribution in [2.45, 2.75) is 63.4 Å². The minimum Gasteiger partial charge on any atom is -0.493 e. The van der Waals surface area contributed by atoms with Gasteiger partial charge in [0.25, 0.3) is 5.91 Å². The summed E-state index contributed by atoms with van der Waals surface area (Å²) in [5, 5.41) is 8.94. The summed E-state index contributed by atoms with van der Waals surface area (Å²) in [5.41, 5.74) is -0.658. The van der Waals surface area contributed by atoms with Gasteiger partial charge in [0.15, 0.2) is 6.04 Å². The van der Waals surface area contributed by atoms with Gasteiger partial charge in [-0.3, -0.25) is 14.6 Å². The van der Waals surface area contributed by atoms with Crippen LogP contribution in [0.2, 0.25) is 5.02 Å². The van der Waals surface area contributed by atoms with E-state index in [1.807, 2.05) is 4.90 Å². The van der Waals surface area contributed by atoms with Crippen LogP contribution < -0.4 is 4.74 Å². The van der Waals surface area contributed by atoms with Crippen LogP contribution in [0.3, 0.4) is 0 Å². The number of hydrogen-bond donors (Lipinski definition) is 1. The summed E-state index contributed by atoms with van der Waals surface area (Å²) < 4.78 is 80.5. The summed E-state index contributed by atoms with van der Waals surface area (Å²) in [6.45, 7) is 2.54. The van der Waals surface area contributed by atoms with E-state index in [4.69, 9.17) is 21.1 Å². The summed E-state index contributed by atoms with van der Waals surface area (Å²) in [6.07, 6.45) is -2.39. The van der Waals surface area contributed by atoms with E-state index in [0.717, 1.165) is 23.8 Å². The third kappa shape index (κ3) is 6.50. The molecule has 1 amide bonds. The van der Waals surface area contributed by atoms with E-state index in [2.05, 4.69) is 0 Å². The predicted octanol–water partition coefficient (Wildman–Crippen LogP) is 6.08. The highest BCUT2D eigenvalue weighted by molar-refractivity contribution is 6.30.